The first-order chi connectivity index (χ1) is 20.2. The number of anilines is 1. The van der Waals surface area contributed by atoms with Crippen molar-refractivity contribution >= 4 is 50.1 Å². The maximum absolute atomic E-state index is 13.7. The van der Waals surface area contributed by atoms with Crippen molar-refractivity contribution in [3.8, 4) is 0 Å². The molecule has 2 saturated heterocycles. The topological polar surface area (TPSA) is 92.2 Å². The molecule has 0 unspecified atom stereocenters. The third kappa shape index (κ3) is 4.95. The summed E-state index contributed by atoms with van der Waals surface area (Å²) in [7, 11) is -3.74. The predicted molar refractivity (Wildman–Crippen MR) is 163 cm³/mol. The minimum atomic E-state index is -3.74. The summed E-state index contributed by atoms with van der Waals surface area (Å²) in [4.78, 5) is 31.0. The summed E-state index contributed by atoms with van der Waals surface area (Å²) in [6, 6.07) is 13.2. The lowest BCUT2D eigenvalue weighted by Crippen LogP contribution is -2.48. The number of sulfonamides is 1. The standard InChI is InChI=1S/C32H38N4O5S/c1-4-35-30-13-12-25(42(39,40)34-14-16-41-17-15-34)19-27(30)28(32(35)38)18-24-20-33(29-11-6-5-10-26(24)29)21-31(37)36-22(2)8-7-9-23(36)3/h5-6,10-13,18-20,22-23H,4,7-9,14-17,21H2,1-3H3/b28-18-/t22-,23-/m0/s1. The number of amides is 2. The minimum Gasteiger partial charge on any atom is -0.379 e. The second-order valence-electron chi connectivity index (χ2n) is 11.5. The summed E-state index contributed by atoms with van der Waals surface area (Å²) >= 11 is 0. The summed E-state index contributed by atoms with van der Waals surface area (Å²) in [6.07, 6.45) is 6.94. The van der Waals surface area contributed by atoms with Crippen LogP contribution < -0.4 is 4.90 Å². The van der Waals surface area contributed by atoms with E-state index in [1.54, 1.807) is 23.1 Å². The summed E-state index contributed by atoms with van der Waals surface area (Å²) in [5.74, 6) is -0.0793. The Labute approximate surface area is 247 Å². The lowest BCUT2D eigenvalue weighted by Gasteiger charge is -2.39. The number of aromatic nitrogens is 1. The highest BCUT2D eigenvalue weighted by Gasteiger charge is 2.35. The van der Waals surface area contributed by atoms with Gasteiger partial charge in [0.25, 0.3) is 5.91 Å². The Balaban J connectivity index is 1.40. The molecule has 9 nitrogen and oxygen atoms in total. The van der Waals surface area contributed by atoms with Gasteiger partial charge in [0, 0.05) is 65.5 Å². The van der Waals surface area contributed by atoms with E-state index in [0.29, 0.717) is 49.7 Å². The molecule has 2 amide bonds. The molecular weight excluding hydrogens is 552 g/mol. The number of ether oxygens (including phenoxy) is 1. The van der Waals surface area contributed by atoms with Crippen LogP contribution in [0.2, 0.25) is 0 Å². The molecule has 0 N–H and O–H groups in total. The minimum absolute atomic E-state index is 0.0899. The Bertz CT molecular complexity index is 1660. The first kappa shape index (κ1) is 28.6. The average Bonchev–Trinajstić information content (AvgIpc) is 3.46. The summed E-state index contributed by atoms with van der Waals surface area (Å²) < 4.78 is 35.7. The molecule has 0 spiro atoms. The van der Waals surface area contributed by atoms with Gasteiger partial charge >= 0.3 is 0 Å². The van der Waals surface area contributed by atoms with Gasteiger partial charge in [-0.05, 0) is 70.4 Å². The zero-order valence-electron chi connectivity index (χ0n) is 24.5. The molecule has 2 atom stereocenters. The van der Waals surface area contributed by atoms with Gasteiger partial charge in [0.15, 0.2) is 0 Å². The SMILES string of the molecule is CCN1C(=O)/C(=C\c2cn(CC(=O)N3[C@@H](C)CCC[C@@H]3C)c3ccccc23)c2cc(S(=O)(=O)N3CCOCC3)ccc21. The summed E-state index contributed by atoms with van der Waals surface area (Å²) in [5.41, 5.74) is 3.46. The molecule has 42 heavy (non-hydrogen) atoms. The molecule has 2 fully saturated rings. The van der Waals surface area contributed by atoms with E-state index >= 15 is 0 Å². The van der Waals surface area contributed by atoms with Crippen molar-refractivity contribution in [2.45, 2.75) is 63.6 Å². The van der Waals surface area contributed by atoms with Crippen molar-refractivity contribution < 1.29 is 22.7 Å². The number of rotatable bonds is 6. The molecule has 3 aromatic rings. The van der Waals surface area contributed by atoms with Crippen molar-refractivity contribution in [2.75, 3.05) is 37.7 Å². The monoisotopic (exact) mass is 590 g/mol. The molecule has 0 radical (unpaired) electrons. The first-order valence-corrected chi connectivity index (χ1v) is 16.3. The number of morpholine rings is 1. The van der Waals surface area contributed by atoms with Gasteiger partial charge < -0.3 is 19.1 Å². The normalized spacial score (nSPS) is 22.7. The van der Waals surface area contributed by atoms with Crippen molar-refractivity contribution in [2.24, 2.45) is 0 Å². The van der Waals surface area contributed by atoms with Gasteiger partial charge in [-0.1, -0.05) is 18.2 Å². The number of hydrogen-bond acceptors (Lipinski definition) is 5. The first-order valence-electron chi connectivity index (χ1n) is 14.9. The molecule has 1 aromatic heterocycles. The van der Waals surface area contributed by atoms with Gasteiger partial charge in [-0.2, -0.15) is 4.31 Å². The number of hydrogen-bond donors (Lipinski definition) is 0. The highest BCUT2D eigenvalue weighted by molar-refractivity contribution is 7.89. The van der Waals surface area contributed by atoms with Gasteiger partial charge in [-0.3, -0.25) is 9.59 Å². The second kappa shape index (κ2) is 11.3. The zero-order valence-corrected chi connectivity index (χ0v) is 25.3. The Morgan fingerprint density at radius 2 is 1.76 bits per heavy atom. The Hall–Kier alpha value is -3.47. The molecule has 4 heterocycles. The maximum atomic E-state index is 13.7. The Morgan fingerprint density at radius 1 is 1.05 bits per heavy atom. The number of likely N-dealkylation sites (N-methyl/N-ethyl adjacent to an activating group) is 1. The Kier molecular flexibility index (Phi) is 7.72. The molecule has 222 valence electrons. The maximum Gasteiger partial charge on any atom is 0.258 e. The van der Waals surface area contributed by atoms with Crippen LogP contribution in [0.25, 0.3) is 22.6 Å². The number of fused-ring (bicyclic) bond motifs is 2. The molecule has 10 heteroatoms. The molecule has 2 aromatic carbocycles. The predicted octanol–water partition coefficient (Wildman–Crippen LogP) is 4.36. The highest BCUT2D eigenvalue weighted by Crippen LogP contribution is 2.40. The van der Waals surface area contributed by atoms with E-state index in [4.69, 9.17) is 4.74 Å². The summed E-state index contributed by atoms with van der Waals surface area (Å²) in [6.45, 7) is 8.14. The van der Waals surface area contributed by atoms with Crippen LogP contribution in [-0.4, -0.2) is 78.9 Å². The number of carbonyl (C=O) groups is 2. The van der Waals surface area contributed by atoms with Crippen molar-refractivity contribution in [3.63, 3.8) is 0 Å². The summed E-state index contributed by atoms with van der Waals surface area (Å²) in [5, 5.41) is 0.930. The number of piperidine rings is 1. The quantitative estimate of drug-likeness (QED) is 0.398. The van der Waals surface area contributed by atoms with Gasteiger partial charge in [0.2, 0.25) is 15.9 Å². The van der Waals surface area contributed by atoms with E-state index in [-0.39, 0.29) is 35.3 Å². The van der Waals surface area contributed by atoms with Gasteiger partial charge in [-0.15, -0.1) is 0 Å². The largest absolute Gasteiger partial charge is 0.379 e. The molecule has 6 rings (SSSR count). The smallest absolute Gasteiger partial charge is 0.258 e. The van der Waals surface area contributed by atoms with E-state index in [0.717, 1.165) is 35.7 Å². The zero-order chi connectivity index (χ0) is 29.6. The number of carbonyl (C=O) groups excluding carboxylic acids is 2. The van der Waals surface area contributed by atoms with E-state index in [1.165, 1.54) is 4.31 Å². The third-order valence-corrected chi connectivity index (χ3v) is 10.7. The van der Waals surface area contributed by atoms with Gasteiger partial charge in [0.1, 0.15) is 6.54 Å². The number of nitrogens with zero attached hydrogens (tertiary/aromatic N) is 4. The van der Waals surface area contributed by atoms with Crippen molar-refractivity contribution in [1.29, 1.82) is 0 Å². The fourth-order valence-corrected chi connectivity index (χ4v) is 8.14. The van der Waals surface area contributed by atoms with Crippen LogP contribution in [0.1, 0.15) is 51.2 Å². The van der Waals surface area contributed by atoms with E-state index in [1.807, 2.05) is 52.9 Å². The molecule has 0 aliphatic carbocycles. The fraction of sp³-hybridized carbons (Fsp3) is 0.438. The third-order valence-electron chi connectivity index (χ3n) is 8.85. The van der Waals surface area contributed by atoms with Crippen LogP contribution in [0.15, 0.2) is 53.6 Å². The molecule has 3 aliphatic rings. The van der Waals surface area contributed by atoms with Gasteiger partial charge in [-0.25, -0.2) is 8.42 Å². The second-order valence-corrected chi connectivity index (χ2v) is 13.4. The van der Waals surface area contributed by atoms with Crippen LogP contribution in [-0.2, 0) is 30.9 Å². The van der Waals surface area contributed by atoms with Crippen LogP contribution in [0.4, 0.5) is 5.69 Å². The van der Waals surface area contributed by atoms with E-state index in [9.17, 15) is 18.0 Å². The average molecular weight is 591 g/mol. The lowest BCUT2D eigenvalue weighted by atomic mass is 9.97. The fourth-order valence-electron chi connectivity index (χ4n) is 6.70. The number of benzene rings is 2. The van der Waals surface area contributed by atoms with E-state index in [2.05, 4.69) is 13.8 Å². The molecule has 0 saturated carbocycles. The number of para-hydroxylation sites is 1. The van der Waals surface area contributed by atoms with Crippen LogP contribution >= 0.6 is 0 Å². The van der Waals surface area contributed by atoms with Crippen molar-refractivity contribution in [3.05, 3.63) is 59.8 Å². The van der Waals surface area contributed by atoms with E-state index < -0.39 is 10.0 Å². The molecule has 0 bridgehead atoms. The van der Waals surface area contributed by atoms with Crippen LogP contribution in [0.3, 0.4) is 0 Å². The lowest BCUT2D eigenvalue weighted by molar-refractivity contribution is -0.137. The Morgan fingerprint density at radius 3 is 2.48 bits per heavy atom. The van der Waals surface area contributed by atoms with Crippen LogP contribution in [0.5, 0.6) is 0 Å². The van der Waals surface area contributed by atoms with Crippen molar-refractivity contribution in [1.82, 2.24) is 13.8 Å². The molecular formula is C32H38N4O5S. The van der Waals surface area contributed by atoms with Gasteiger partial charge in [0.05, 0.1) is 23.8 Å². The molecule has 3 aliphatic heterocycles. The number of likely N-dealkylation sites (tertiary alicyclic amines) is 1. The highest BCUT2D eigenvalue weighted by atomic mass is 32.2. The van der Waals surface area contributed by atoms with Crippen LogP contribution in [0, 0.1) is 0 Å².